The summed E-state index contributed by atoms with van der Waals surface area (Å²) in [7, 11) is 1.52. The highest BCUT2D eigenvalue weighted by atomic mass is 79.9. The van der Waals surface area contributed by atoms with E-state index in [-0.39, 0.29) is 19.5 Å². The molecule has 1 rings (SSSR count). The minimum atomic E-state index is -0.711. The van der Waals surface area contributed by atoms with E-state index in [1.165, 1.54) is 11.9 Å². The number of halogens is 1. The van der Waals surface area contributed by atoms with Crippen LogP contribution in [0.1, 0.15) is 16.8 Å². The maximum atomic E-state index is 11.8. The van der Waals surface area contributed by atoms with Gasteiger partial charge in [0.25, 0.3) is 11.8 Å². The number of nitrogens with zero attached hydrogens (tertiary/aromatic N) is 2. The van der Waals surface area contributed by atoms with Gasteiger partial charge in [-0.1, -0.05) is 15.9 Å². The molecule has 0 saturated heterocycles. The summed E-state index contributed by atoms with van der Waals surface area (Å²) in [5.74, 6) is -1.53. The van der Waals surface area contributed by atoms with E-state index < -0.39 is 24.4 Å². The van der Waals surface area contributed by atoms with Crippen molar-refractivity contribution >= 4 is 33.7 Å². The smallest absolute Gasteiger partial charge is 0.325 e. The Balaban J connectivity index is 2.31. The van der Waals surface area contributed by atoms with Crippen LogP contribution < -0.4 is 5.32 Å². The van der Waals surface area contributed by atoms with E-state index in [1.54, 1.807) is 24.3 Å². The molecule has 2 amide bonds. The first kappa shape index (κ1) is 18.6. The lowest BCUT2D eigenvalue weighted by Crippen LogP contribution is -2.35. The van der Waals surface area contributed by atoms with Gasteiger partial charge in [-0.3, -0.25) is 14.4 Å². The van der Waals surface area contributed by atoms with Gasteiger partial charge < -0.3 is 15.0 Å². The highest BCUT2D eigenvalue weighted by Gasteiger charge is 2.13. The van der Waals surface area contributed by atoms with Crippen molar-refractivity contribution in [1.82, 2.24) is 10.2 Å². The maximum absolute atomic E-state index is 11.8. The molecule has 0 heterocycles. The fourth-order valence-corrected chi connectivity index (χ4v) is 1.77. The molecule has 1 N–H and O–H groups in total. The monoisotopic (exact) mass is 381 g/mol. The highest BCUT2D eigenvalue weighted by Crippen LogP contribution is 2.10. The van der Waals surface area contributed by atoms with Crippen molar-refractivity contribution < 1.29 is 19.1 Å². The predicted molar refractivity (Wildman–Crippen MR) is 85.3 cm³/mol. The second-order valence-corrected chi connectivity index (χ2v) is 5.49. The van der Waals surface area contributed by atoms with Crippen molar-refractivity contribution in [3.8, 4) is 6.07 Å². The maximum Gasteiger partial charge on any atom is 0.325 e. The number of ether oxygens (including phenoxy) is 1. The third kappa shape index (κ3) is 6.93. The standard InChI is InChI=1S/C15H16BrN3O4/c1-19(8-2-7-17)13(20)10-23-14(21)9-18-15(22)11-3-5-12(16)6-4-11/h3-6H,2,8-10H2,1H3,(H,18,22). The molecule has 0 spiro atoms. The first-order valence-corrected chi connectivity index (χ1v) is 7.53. The molecule has 0 aliphatic heterocycles. The quantitative estimate of drug-likeness (QED) is 0.712. The molecule has 23 heavy (non-hydrogen) atoms. The summed E-state index contributed by atoms with van der Waals surface area (Å²) in [6.45, 7) is -0.480. The van der Waals surface area contributed by atoms with E-state index in [0.29, 0.717) is 5.56 Å². The van der Waals surface area contributed by atoms with E-state index in [1.807, 2.05) is 6.07 Å². The van der Waals surface area contributed by atoms with Gasteiger partial charge in [0.2, 0.25) is 0 Å². The summed E-state index contributed by atoms with van der Waals surface area (Å²) in [6, 6.07) is 8.56. The van der Waals surface area contributed by atoms with E-state index in [2.05, 4.69) is 21.2 Å². The molecule has 0 bridgehead atoms. The fraction of sp³-hybridized carbons (Fsp3) is 0.333. The summed E-state index contributed by atoms with van der Waals surface area (Å²) >= 11 is 3.26. The van der Waals surface area contributed by atoms with Crippen molar-refractivity contribution in [2.75, 3.05) is 26.7 Å². The van der Waals surface area contributed by atoms with Crippen LogP contribution in [0.25, 0.3) is 0 Å². The highest BCUT2D eigenvalue weighted by molar-refractivity contribution is 9.10. The zero-order valence-electron chi connectivity index (χ0n) is 12.5. The Hall–Kier alpha value is -2.40. The zero-order valence-corrected chi connectivity index (χ0v) is 14.1. The summed E-state index contributed by atoms with van der Waals surface area (Å²) in [5, 5.41) is 10.8. The number of amides is 2. The molecule has 0 atom stereocenters. The van der Waals surface area contributed by atoms with E-state index in [0.717, 1.165) is 4.47 Å². The van der Waals surface area contributed by atoms with Crippen LogP contribution in [0.2, 0.25) is 0 Å². The number of benzene rings is 1. The lowest BCUT2D eigenvalue weighted by Gasteiger charge is -2.15. The molecule has 8 heteroatoms. The van der Waals surface area contributed by atoms with Crippen LogP contribution >= 0.6 is 15.9 Å². The molecule has 0 fully saturated rings. The van der Waals surface area contributed by atoms with Gasteiger partial charge >= 0.3 is 5.97 Å². The Morgan fingerprint density at radius 3 is 2.57 bits per heavy atom. The van der Waals surface area contributed by atoms with Crippen LogP contribution in [-0.2, 0) is 14.3 Å². The van der Waals surface area contributed by atoms with Crippen LogP contribution in [0, 0.1) is 11.3 Å². The first-order chi connectivity index (χ1) is 10.9. The predicted octanol–water partition coefficient (Wildman–Crippen LogP) is 1.09. The van der Waals surface area contributed by atoms with Crippen molar-refractivity contribution in [2.45, 2.75) is 6.42 Å². The Morgan fingerprint density at radius 1 is 1.30 bits per heavy atom. The molecule has 0 aromatic heterocycles. The number of carbonyl (C=O) groups is 3. The molecule has 1 aromatic rings. The minimum absolute atomic E-state index is 0.208. The number of esters is 1. The first-order valence-electron chi connectivity index (χ1n) is 6.74. The average molecular weight is 382 g/mol. The third-order valence-electron chi connectivity index (χ3n) is 2.84. The lowest BCUT2D eigenvalue weighted by atomic mass is 10.2. The summed E-state index contributed by atoms with van der Waals surface area (Å²) < 4.78 is 5.62. The fourth-order valence-electron chi connectivity index (χ4n) is 1.50. The molecule has 7 nitrogen and oxygen atoms in total. The van der Waals surface area contributed by atoms with Gasteiger partial charge in [-0.05, 0) is 24.3 Å². The average Bonchev–Trinajstić information content (AvgIpc) is 2.55. The van der Waals surface area contributed by atoms with Crippen LogP contribution in [0.3, 0.4) is 0 Å². The number of likely N-dealkylation sites (N-methyl/N-ethyl adjacent to an activating group) is 1. The normalized spacial score (nSPS) is 9.61. The SMILES string of the molecule is CN(CCC#N)C(=O)COC(=O)CNC(=O)c1ccc(Br)cc1. The summed E-state index contributed by atoms with van der Waals surface area (Å²) in [5.41, 5.74) is 0.410. The lowest BCUT2D eigenvalue weighted by molar-refractivity contribution is -0.150. The van der Waals surface area contributed by atoms with Crippen molar-refractivity contribution in [1.29, 1.82) is 5.26 Å². The van der Waals surface area contributed by atoms with Gasteiger partial charge in [0.1, 0.15) is 6.54 Å². The van der Waals surface area contributed by atoms with Crippen molar-refractivity contribution in [3.05, 3.63) is 34.3 Å². The minimum Gasteiger partial charge on any atom is -0.454 e. The zero-order chi connectivity index (χ0) is 17.2. The van der Waals surface area contributed by atoms with Crippen LogP contribution in [0.15, 0.2) is 28.7 Å². The van der Waals surface area contributed by atoms with Gasteiger partial charge in [-0.15, -0.1) is 0 Å². The third-order valence-corrected chi connectivity index (χ3v) is 3.37. The molecule has 0 saturated carbocycles. The van der Waals surface area contributed by atoms with Gasteiger partial charge in [-0.25, -0.2) is 0 Å². The molecular formula is C15H16BrN3O4. The number of nitriles is 1. The number of carbonyl (C=O) groups excluding carboxylic acids is 3. The largest absolute Gasteiger partial charge is 0.454 e. The Kier molecular flexibility index (Phi) is 7.77. The Labute approximate surface area is 142 Å². The van der Waals surface area contributed by atoms with Gasteiger partial charge in [0, 0.05) is 23.6 Å². The van der Waals surface area contributed by atoms with Gasteiger partial charge in [0.15, 0.2) is 6.61 Å². The topological polar surface area (TPSA) is 99.5 Å². The van der Waals surface area contributed by atoms with E-state index in [9.17, 15) is 14.4 Å². The molecule has 1 aromatic carbocycles. The second kappa shape index (κ2) is 9.58. The van der Waals surface area contributed by atoms with E-state index in [4.69, 9.17) is 10.00 Å². The number of hydrogen-bond acceptors (Lipinski definition) is 5. The van der Waals surface area contributed by atoms with Crippen LogP contribution in [-0.4, -0.2) is 49.4 Å². The van der Waals surface area contributed by atoms with Crippen LogP contribution in [0.5, 0.6) is 0 Å². The van der Waals surface area contributed by atoms with Gasteiger partial charge in [-0.2, -0.15) is 5.26 Å². The van der Waals surface area contributed by atoms with Gasteiger partial charge in [0.05, 0.1) is 12.5 Å². The molecular weight excluding hydrogens is 366 g/mol. The Bertz CT molecular complexity index is 610. The van der Waals surface area contributed by atoms with Crippen LogP contribution in [0.4, 0.5) is 0 Å². The molecule has 0 unspecified atom stereocenters. The second-order valence-electron chi connectivity index (χ2n) is 4.57. The van der Waals surface area contributed by atoms with E-state index >= 15 is 0 Å². The summed E-state index contributed by atoms with van der Waals surface area (Å²) in [6.07, 6.45) is 0.208. The summed E-state index contributed by atoms with van der Waals surface area (Å²) in [4.78, 5) is 36.2. The van der Waals surface area contributed by atoms with Crippen molar-refractivity contribution in [2.24, 2.45) is 0 Å². The Morgan fingerprint density at radius 2 is 1.96 bits per heavy atom. The molecule has 0 radical (unpaired) electrons. The van der Waals surface area contributed by atoms with Crippen molar-refractivity contribution in [3.63, 3.8) is 0 Å². The number of rotatable bonds is 7. The number of nitrogens with one attached hydrogen (secondary N) is 1. The number of hydrogen-bond donors (Lipinski definition) is 1. The molecule has 0 aliphatic carbocycles. The molecule has 0 aliphatic rings. The molecule has 122 valence electrons.